The highest BCUT2D eigenvalue weighted by Gasteiger charge is 2.19. The number of piperidine rings is 1. The summed E-state index contributed by atoms with van der Waals surface area (Å²) in [6.45, 7) is 2.12. The van der Waals surface area contributed by atoms with Crippen molar-refractivity contribution in [2.45, 2.75) is 18.9 Å². The molecule has 0 saturated carbocycles. The predicted octanol–water partition coefficient (Wildman–Crippen LogP) is 4.27. The van der Waals surface area contributed by atoms with E-state index in [0.29, 0.717) is 11.7 Å². The fourth-order valence-corrected chi connectivity index (χ4v) is 2.80. The van der Waals surface area contributed by atoms with Gasteiger partial charge in [-0.3, -0.25) is 0 Å². The van der Waals surface area contributed by atoms with Crippen molar-refractivity contribution in [3.63, 3.8) is 0 Å². The quantitative estimate of drug-likeness (QED) is 0.465. The van der Waals surface area contributed by atoms with Gasteiger partial charge >= 0.3 is 0 Å². The Labute approximate surface area is 118 Å². The molecule has 0 spiro atoms. The molecule has 1 aliphatic heterocycles. The molecule has 0 radical (unpaired) electrons. The summed E-state index contributed by atoms with van der Waals surface area (Å²) in [5.74, 6) is 0. The molecule has 20 heavy (non-hydrogen) atoms. The summed E-state index contributed by atoms with van der Waals surface area (Å²) in [6, 6.07) is 12.6. The molecule has 1 fully saturated rings. The molecule has 5 nitrogen and oxygen atoms in total. The van der Waals surface area contributed by atoms with Crippen LogP contribution in [0.2, 0.25) is 0 Å². The van der Waals surface area contributed by atoms with Crippen molar-refractivity contribution in [2.75, 3.05) is 18.0 Å². The molecule has 0 bridgehead atoms. The number of benzene rings is 1. The minimum Gasteiger partial charge on any atom is -0.371 e. The van der Waals surface area contributed by atoms with E-state index in [2.05, 4.69) is 44.0 Å². The summed E-state index contributed by atoms with van der Waals surface area (Å²) < 4.78 is 2.31. The van der Waals surface area contributed by atoms with Crippen molar-refractivity contribution in [3.8, 4) is 0 Å². The topological polar surface area (TPSA) is 56.9 Å². The molecule has 0 atom stereocenters. The molecule has 0 unspecified atom stereocenters. The van der Waals surface area contributed by atoms with Gasteiger partial charge in [-0.25, -0.2) is 0 Å². The summed E-state index contributed by atoms with van der Waals surface area (Å²) >= 11 is 0. The van der Waals surface area contributed by atoms with E-state index in [1.54, 1.807) is 0 Å². The van der Waals surface area contributed by atoms with Gasteiger partial charge in [-0.2, -0.15) is 0 Å². The summed E-state index contributed by atoms with van der Waals surface area (Å²) in [7, 11) is 0. The Morgan fingerprint density at radius 2 is 1.70 bits per heavy atom. The molecule has 2 heterocycles. The molecule has 1 aliphatic rings. The molecular weight excluding hydrogens is 250 g/mol. The number of anilines is 1. The van der Waals surface area contributed by atoms with Gasteiger partial charge in [0.1, 0.15) is 0 Å². The van der Waals surface area contributed by atoms with E-state index in [-0.39, 0.29) is 0 Å². The first-order valence-electron chi connectivity index (χ1n) is 6.89. The second-order valence-corrected chi connectivity index (χ2v) is 5.05. The SMILES string of the molecule is [N-]=[N+]=Nc1ccc(N2CCC(n3cccc3)CC2)cc1. The van der Waals surface area contributed by atoms with Crippen LogP contribution in [0.25, 0.3) is 10.4 Å². The maximum atomic E-state index is 8.40. The summed E-state index contributed by atoms with van der Waals surface area (Å²) in [6.07, 6.45) is 6.61. The summed E-state index contributed by atoms with van der Waals surface area (Å²) in [5.41, 5.74) is 10.3. The van der Waals surface area contributed by atoms with Crippen LogP contribution >= 0.6 is 0 Å². The Bertz CT molecular complexity index is 588. The second kappa shape index (κ2) is 5.72. The maximum Gasteiger partial charge on any atom is 0.0376 e. The van der Waals surface area contributed by atoms with Gasteiger partial charge in [0.05, 0.1) is 0 Å². The highest BCUT2D eigenvalue weighted by Crippen LogP contribution is 2.27. The molecular formula is C15H17N5. The van der Waals surface area contributed by atoms with Crippen LogP contribution in [-0.4, -0.2) is 17.7 Å². The molecule has 1 aromatic carbocycles. The van der Waals surface area contributed by atoms with Gasteiger partial charge < -0.3 is 9.47 Å². The molecule has 102 valence electrons. The number of nitrogens with zero attached hydrogens (tertiary/aromatic N) is 5. The number of hydrogen-bond acceptors (Lipinski definition) is 2. The van der Waals surface area contributed by atoms with Crippen LogP contribution in [0.5, 0.6) is 0 Å². The van der Waals surface area contributed by atoms with Crippen LogP contribution < -0.4 is 4.90 Å². The van der Waals surface area contributed by atoms with Crippen LogP contribution in [0.3, 0.4) is 0 Å². The van der Waals surface area contributed by atoms with Crippen molar-refractivity contribution in [3.05, 3.63) is 59.2 Å². The van der Waals surface area contributed by atoms with Crippen LogP contribution in [0.4, 0.5) is 11.4 Å². The van der Waals surface area contributed by atoms with Crippen molar-refractivity contribution < 1.29 is 0 Å². The van der Waals surface area contributed by atoms with Gasteiger partial charge in [0.25, 0.3) is 0 Å². The zero-order valence-corrected chi connectivity index (χ0v) is 11.3. The van der Waals surface area contributed by atoms with Gasteiger partial charge in [0, 0.05) is 47.8 Å². The number of azide groups is 1. The van der Waals surface area contributed by atoms with Crippen molar-refractivity contribution in [1.82, 2.24) is 4.57 Å². The molecule has 0 aliphatic carbocycles. The number of aromatic nitrogens is 1. The first-order chi connectivity index (χ1) is 9.86. The second-order valence-electron chi connectivity index (χ2n) is 5.05. The monoisotopic (exact) mass is 267 g/mol. The fraction of sp³-hybridized carbons (Fsp3) is 0.333. The summed E-state index contributed by atoms with van der Waals surface area (Å²) in [5, 5.41) is 3.60. The Morgan fingerprint density at radius 3 is 2.30 bits per heavy atom. The standard InChI is InChI=1S/C15H17N5/c16-18-17-13-3-5-14(6-4-13)20-11-7-15(8-12-20)19-9-1-2-10-19/h1-6,9-10,15H,7-8,11-12H2. The highest BCUT2D eigenvalue weighted by molar-refractivity contribution is 5.53. The lowest BCUT2D eigenvalue weighted by atomic mass is 10.0. The molecule has 0 amide bonds. The Balaban J connectivity index is 1.64. The lowest BCUT2D eigenvalue weighted by Gasteiger charge is -2.34. The van der Waals surface area contributed by atoms with E-state index >= 15 is 0 Å². The zero-order chi connectivity index (χ0) is 13.8. The zero-order valence-electron chi connectivity index (χ0n) is 11.3. The van der Waals surface area contributed by atoms with E-state index in [0.717, 1.165) is 25.9 Å². The average molecular weight is 267 g/mol. The third-order valence-electron chi connectivity index (χ3n) is 3.89. The van der Waals surface area contributed by atoms with Gasteiger partial charge in [-0.1, -0.05) is 17.2 Å². The van der Waals surface area contributed by atoms with E-state index in [4.69, 9.17) is 5.53 Å². The maximum absolute atomic E-state index is 8.40. The number of hydrogen-bond donors (Lipinski definition) is 0. The lowest BCUT2D eigenvalue weighted by Crippen LogP contribution is -2.34. The van der Waals surface area contributed by atoms with Crippen LogP contribution in [0.15, 0.2) is 53.9 Å². The average Bonchev–Trinajstić information content (AvgIpc) is 3.03. The predicted molar refractivity (Wildman–Crippen MR) is 80.2 cm³/mol. The van der Waals surface area contributed by atoms with Crippen molar-refractivity contribution >= 4 is 11.4 Å². The smallest absolute Gasteiger partial charge is 0.0376 e. The molecule has 1 saturated heterocycles. The molecule has 3 rings (SSSR count). The largest absolute Gasteiger partial charge is 0.371 e. The number of rotatable bonds is 3. The molecule has 0 N–H and O–H groups in total. The van der Waals surface area contributed by atoms with E-state index in [1.807, 2.05) is 24.3 Å². The Kier molecular flexibility index (Phi) is 3.61. The minimum absolute atomic E-state index is 0.615. The van der Waals surface area contributed by atoms with Crippen LogP contribution in [0, 0.1) is 0 Å². The summed E-state index contributed by atoms with van der Waals surface area (Å²) in [4.78, 5) is 5.18. The third-order valence-corrected chi connectivity index (χ3v) is 3.89. The van der Waals surface area contributed by atoms with E-state index < -0.39 is 0 Å². The molecule has 1 aromatic heterocycles. The highest BCUT2D eigenvalue weighted by atomic mass is 15.2. The molecule has 5 heteroatoms. The Hall–Kier alpha value is -2.39. The van der Waals surface area contributed by atoms with E-state index in [9.17, 15) is 0 Å². The first kappa shape index (κ1) is 12.6. The van der Waals surface area contributed by atoms with Crippen molar-refractivity contribution in [1.29, 1.82) is 0 Å². The minimum atomic E-state index is 0.615. The van der Waals surface area contributed by atoms with Gasteiger partial charge in [-0.15, -0.1) is 0 Å². The molecule has 2 aromatic rings. The van der Waals surface area contributed by atoms with Crippen molar-refractivity contribution in [2.24, 2.45) is 5.11 Å². The fourth-order valence-electron chi connectivity index (χ4n) is 2.80. The van der Waals surface area contributed by atoms with Gasteiger partial charge in [0.15, 0.2) is 0 Å². The normalized spacial score (nSPS) is 15.9. The van der Waals surface area contributed by atoms with E-state index in [1.165, 1.54) is 5.69 Å². The van der Waals surface area contributed by atoms with Crippen LogP contribution in [0.1, 0.15) is 18.9 Å². The third kappa shape index (κ3) is 2.63. The Morgan fingerprint density at radius 1 is 1.05 bits per heavy atom. The first-order valence-corrected chi connectivity index (χ1v) is 6.89. The van der Waals surface area contributed by atoms with Crippen LogP contribution in [-0.2, 0) is 0 Å². The lowest BCUT2D eigenvalue weighted by molar-refractivity contribution is 0.397. The van der Waals surface area contributed by atoms with Gasteiger partial charge in [-0.05, 0) is 42.6 Å². The van der Waals surface area contributed by atoms with Gasteiger partial charge in [0.2, 0.25) is 0 Å².